The molecule has 0 unspecified atom stereocenters. The monoisotopic (exact) mass is 609 g/mol. The second kappa shape index (κ2) is 14.6. The first-order valence-electron chi connectivity index (χ1n) is 14.9. The average Bonchev–Trinajstić information content (AvgIpc) is 3.41. The van der Waals surface area contributed by atoms with Crippen molar-refractivity contribution in [1.82, 2.24) is 20.1 Å². The van der Waals surface area contributed by atoms with E-state index in [-0.39, 0.29) is 42.8 Å². The highest BCUT2D eigenvalue weighted by atomic mass is 19.1. The summed E-state index contributed by atoms with van der Waals surface area (Å²) in [5.74, 6) is -2.33. The molecule has 1 saturated carbocycles. The van der Waals surface area contributed by atoms with Crippen LogP contribution in [0.4, 0.5) is 8.78 Å². The van der Waals surface area contributed by atoms with Crippen LogP contribution in [0, 0.1) is 17.0 Å². The van der Waals surface area contributed by atoms with Gasteiger partial charge in [0.05, 0.1) is 12.1 Å². The van der Waals surface area contributed by atoms with Crippen LogP contribution < -0.4 is 16.4 Å². The van der Waals surface area contributed by atoms with Crippen LogP contribution in [0.2, 0.25) is 0 Å². The van der Waals surface area contributed by atoms with Gasteiger partial charge in [0.15, 0.2) is 0 Å². The van der Waals surface area contributed by atoms with Crippen LogP contribution in [-0.4, -0.2) is 65.1 Å². The number of benzene rings is 2. The highest BCUT2D eigenvalue weighted by Gasteiger charge is 2.46. The molecule has 1 aliphatic rings. The first kappa shape index (κ1) is 32.8. The van der Waals surface area contributed by atoms with E-state index in [9.17, 15) is 28.3 Å². The number of amides is 3. The highest BCUT2D eigenvalue weighted by molar-refractivity contribution is 5.83. The minimum atomic E-state index is -0.961. The number of carbonyl (C=O) groups is 3. The molecule has 1 aromatic heterocycles. The molecule has 1 heterocycles. The van der Waals surface area contributed by atoms with Crippen molar-refractivity contribution in [3.63, 3.8) is 0 Å². The molecule has 1 fully saturated rings. The summed E-state index contributed by atoms with van der Waals surface area (Å²) in [5, 5.41) is 15.2. The summed E-state index contributed by atoms with van der Waals surface area (Å²) < 4.78 is 31.2. The molecular formula is C33H41F2N5O4. The highest BCUT2D eigenvalue weighted by Crippen LogP contribution is 2.53. The predicted molar refractivity (Wildman–Crippen MR) is 163 cm³/mol. The van der Waals surface area contributed by atoms with Crippen LogP contribution in [0.15, 0.2) is 60.8 Å². The van der Waals surface area contributed by atoms with Crippen molar-refractivity contribution in [2.45, 2.75) is 57.7 Å². The molecule has 9 nitrogen and oxygen atoms in total. The lowest BCUT2D eigenvalue weighted by Gasteiger charge is -2.50. The maximum Gasteiger partial charge on any atom is 0.248 e. The number of aromatic nitrogens is 1. The normalized spacial score (nSPS) is 15.1. The largest absolute Gasteiger partial charge is 0.387 e. The second-order valence-corrected chi connectivity index (χ2v) is 11.7. The van der Waals surface area contributed by atoms with E-state index >= 15 is 0 Å². The van der Waals surface area contributed by atoms with Crippen LogP contribution >= 0.6 is 0 Å². The molecule has 0 radical (unpaired) electrons. The van der Waals surface area contributed by atoms with Crippen molar-refractivity contribution in [2.75, 3.05) is 26.7 Å². The summed E-state index contributed by atoms with van der Waals surface area (Å²) in [6.45, 7) is 1.94. The van der Waals surface area contributed by atoms with Gasteiger partial charge in [-0.3, -0.25) is 14.4 Å². The molecule has 11 heteroatoms. The molecule has 2 aromatic carbocycles. The fourth-order valence-electron chi connectivity index (χ4n) is 5.89. The molecule has 3 amide bonds. The van der Waals surface area contributed by atoms with Crippen LogP contribution in [0.3, 0.4) is 0 Å². The van der Waals surface area contributed by atoms with E-state index in [0.717, 1.165) is 43.0 Å². The van der Waals surface area contributed by atoms with Gasteiger partial charge in [0.2, 0.25) is 17.7 Å². The van der Waals surface area contributed by atoms with Crippen molar-refractivity contribution in [3.05, 3.63) is 83.7 Å². The van der Waals surface area contributed by atoms with Gasteiger partial charge in [0.25, 0.3) is 0 Å². The van der Waals surface area contributed by atoms with E-state index < -0.39 is 42.1 Å². The van der Waals surface area contributed by atoms with Gasteiger partial charge >= 0.3 is 0 Å². The molecule has 236 valence electrons. The fraction of sp³-hybridized carbons (Fsp3) is 0.424. The molecule has 5 N–H and O–H groups in total. The molecule has 0 spiro atoms. The number of nitrogens with zero attached hydrogens (tertiary/aromatic N) is 2. The third kappa shape index (κ3) is 7.70. The van der Waals surface area contributed by atoms with Gasteiger partial charge in [-0.15, -0.1) is 0 Å². The zero-order valence-corrected chi connectivity index (χ0v) is 25.2. The van der Waals surface area contributed by atoms with Crippen molar-refractivity contribution < 1.29 is 28.3 Å². The van der Waals surface area contributed by atoms with Crippen molar-refractivity contribution in [2.24, 2.45) is 11.1 Å². The van der Waals surface area contributed by atoms with E-state index in [1.165, 1.54) is 7.05 Å². The van der Waals surface area contributed by atoms with Gasteiger partial charge < -0.3 is 30.9 Å². The van der Waals surface area contributed by atoms with Crippen molar-refractivity contribution >= 4 is 17.7 Å². The number of nitrogens with one attached hydrogen (secondary N) is 2. The Hall–Kier alpha value is -4.09. The van der Waals surface area contributed by atoms with Crippen LogP contribution in [-0.2, 0) is 20.9 Å². The van der Waals surface area contributed by atoms with E-state index in [0.29, 0.717) is 17.8 Å². The Morgan fingerprint density at radius 1 is 1.11 bits per heavy atom. The summed E-state index contributed by atoms with van der Waals surface area (Å²) in [6.07, 6.45) is 4.54. The quantitative estimate of drug-likeness (QED) is 0.222. The summed E-state index contributed by atoms with van der Waals surface area (Å²) in [5.41, 5.74) is 8.07. The summed E-state index contributed by atoms with van der Waals surface area (Å²) in [4.78, 5) is 39.1. The Morgan fingerprint density at radius 2 is 1.84 bits per heavy atom. The lowest BCUT2D eigenvalue weighted by atomic mass is 9.64. The Balaban J connectivity index is 1.71. The lowest BCUT2D eigenvalue weighted by molar-refractivity contribution is -0.142. The average molecular weight is 610 g/mol. The zero-order valence-electron chi connectivity index (χ0n) is 25.2. The smallest absolute Gasteiger partial charge is 0.248 e. The standard InChI is InChI=1S/C33H41F2N5O4/c1-33(13-6-14-33)31(40(30(43)21-41)16-12-27(36)32(44)38-15-11-29(42)37-2)28-17-23(25-18-24(34)9-10-26(25)35)20-39(28)19-22-7-4-3-5-8-22/h3-5,7-10,17-18,20,27,31,41H,6,11-16,19,21,36H2,1-2H3,(H,37,42)(H,38,44)/t27-,31-/m0/s1. The Bertz CT molecular complexity index is 1460. The second-order valence-electron chi connectivity index (χ2n) is 11.7. The van der Waals surface area contributed by atoms with Crippen molar-refractivity contribution in [3.8, 4) is 11.1 Å². The third-order valence-corrected chi connectivity index (χ3v) is 8.52. The predicted octanol–water partition coefficient (Wildman–Crippen LogP) is 3.50. The fourth-order valence-corrected chi connectivity index (χ4v) is 5.89. The van der Waals surface area contributed by atoms with Gasteiger partial charge in [0.1, 0.15) is 18.2 Å². The Morgan fingerprint density at radius 3 is 2.48 bits per heavy atom. The summed E-state index contributed by atoms with van der Waals surface area (Å²) >= 11 is 0. The van der Waals surface area contributed by atoms with Gasteiger partial charge in [-0.1, -0.05) is 43.7 Å². The molecule has 3 aromatic rings. The van der Waals surface area contributed by atoms with E-state index in [2.05, 4.69) is 17.6 Å². The van der Waals surface area contributed by atoms with Gasteiger partial charge in [0, 0.05) is 56.1 Å². The number of hydrogen-bond donors (Lipinski definition) is 4. The minimum Gasteiger partial charge on any atom is -0.387 e. The third-order valence-electron chi connectivity index (χ3n) is 8.52. The molecule has 1 aliphatic carbocycles. The minimum absolute atomic E-state index is 0.0733. The molecule has 2 atom stereocenters. The molecular weight excluding hydrogens is 568 g/mol. The van der Waals surface area contributed by atoms with Gasteiger partial charge in [-0.05, 0) is 54.5 Å². The summed E-state index contributed by atoms with van der Waals surface area (Å²) in [7, 11) is 1.51. The van der Waals surface area contributed by atoms with Crippen LogP contribution in [0.1, 0.15) is 56.3 Å². The first-order valence-corrected chi connectivity index (χ1v) is 14.9. The number of rotatable bonds is 14. The zero-order chi connectivity index (χ0) is 31.9. The Labute approximate surface area is 256 Å². The SMILES string of the molecule is CNC(=O)CCNC(=O)[C@@H](N)CCN(C(=O)CO)[C@@H](c1cc(-c2cc(F)ccc2F)cn1Cc1ccccc1)C1(C)CCC1. The molecule has 4 rings (SSSR count). The number of carbonyl (C=O) groups excluding carboxylic acids is 3. The first-order chi connectivity index (χ1) is 21.1. The number of aliphatic hydroxyl groups excluding tert-OH is 1. The van der Waals surface area contributed by atoms with E-state index in [4.69, 9.17) is 5.73 Å². The topological polar surface area (TPSA) is 130 Å². The molecule has 0 bridgehead atoms. The molecule has 0 aliphatic heterocycles. The van der Waals surface area contributed by atoms with Crippen LogP contribution in [0.5, 0.6) is 0 Å². The van der Waals surface area contributed by atoms with Crippen molar-refractivity contribution in [1.29, 1.82) is 0 Å². The molecule has 0 saturated heterocycles. The maximum atomic E-state index is 15.0. The van der Waals surface area contributed by atoms with E-state index in [1.807, 2.05) is 34.9 Å². The number of nitrogens with two attached hydrogens (primary N) is 1. The van der Waals surface area contributed by atoms with Gasteiger partial charge in [-0.2, -0.15) is 0 Å². The number of halogens is 2. The van der Waals surface area contributed by atoms with Gasteiger partial charge in [-0.25, -0.2) is 8.78 Å². The number of aliphatic hydroxyl groups is 1. The lowest BCUT2D eigenvalue weighted by Crippen LogP contribution is -2.50. The summed E-state index contributed by atoms with van der Waals surface area (Å²) in [6, 6.07) is 13.3. The maximum absolute atomic E-state index is 15.0. The molecule has 44 heavy (non-hydrogen) atoms. The number of hydrogen-bond acceptors (Lipinski definition) is 5. The van der Waals surface area contributed by atoms with E-state index in [1.54, 1.807) is 17.2 Å². The Kier molecular flexibility index (Phi) is 10.9. The van der Waals surface area contributed by atoms with Crippen LogP contribution in [0.25, 0.3) is 11.1 Å².